The van der Waals surface area contributed by atoms with Gasteiger partial charge in [0.2, 0.25) is 0 Å². The van der Waals surface area contributed by atoms with Gasteiger partial charge in [0.25, 0.3) is 0 Å². The molecule has 21 heavy (non-hydrogen) atoms. The van der Waals surface area contributed by atoms with Crippen LogP contribution in [-0.4, -0.2) is 32.3 Å². The van der Waals surface area contributed by atoms with Gasteiger partial charge in [0.15, 0.2) is 5.96 Å². The van der Waals surface area contributed by atoms with Crippen LogP contribution in [-0.2, 0) is 17.9 Å². The molecule has 0 unspecified atom stereocenters. The molecule has 118 valence electrons. The third kappa shape index (κ3) is 7.55. The Morgan fingerprint density at radius 3 is 2.29 bits per heavy atom. The van der Waals surface area contributed by atoms with Crippen molar-refractivity contribution in [3.63, 3.8) is 0 Å². The Bertz CT molecular complexity index is 444. The number of nitrogens with one attached hydrogen (secondary N) is 2. The first-order valence-electron chi connectivity index (χ1n) is 6.61. The number of nitrogens with zero attached hydrogens (tertiary/aromatic N) is 1. The maximum Gasteiger partial charge on any atom is 0.411 e. The predicted octanol–water partition coefficient (Wildman–Crippen LogP) is 2.45. The lowest BCUT2D eigenvalue weighted by Crippen LogP contribution is -2.36. The lowest BCUT2D eigenvalue weighted by molar-refractivity contribution is -0.176. The molecule has 1 aromatic rings. The van der Waals surface area contributed by atoms with E-state index >= 15 is 0 Å². The number of hydrogen-bond donors (Lipinski definition) is 2. The Labute approximate surface area is 122 Å². The summed E-state index contributed by atoms with van der Waals surface area (Å²) in [5.74, 6) is 0.704. The minimum absolute atomic E-state index is 0.0493. The normalized spacial score (nSPS) is 12.3. The average molecular weight is 303 g/mol. The predicted molar refractivity (Wildman–Crippen MR) is 76.0 cm³/mol. The average Bonchev–Trinajstić information content (AvgIpc) is 2.43. The molecule has 4 nitrogen and oxygen atoms in total. The largest absolute Gasteiger partial charge is 0.411 e. The van der Waals surface area contributed by atoms with Crippen molar-refractivity contribution >= 4 is 5.96 Å². The zero-order chi connectivity index (χ0) is 15.7. The fourth-order valence-electron chi connectivity index (χ4n) is 1.61. The van der Waals surface area contributed by atoms with E-state index in [-0.39, 0.29) is 6.61 Å². The van der Waals surface area contributed by atoms with E-state index in [0.717, 1.165) is 12.1 Å². The van der Waals surface area contributed by atoms with Crippen molar-refractivity contribution in [2.45, 2.75) is 26.3 Å². The number of guanidine groups is 1. The number of rotatable bonds is 6. The number of aliphatic imine (C=N–C) groups is 1. The van der Waals surface area contributed by atoms with Gasteiger partial charge < -0.3 is 15.4 Å². The van der Waals surface area contributed by atoms with Crippen molar-refractivity contribution in [3.05, 3.63) is 35.4 Å². The van der Waals surface area contributed by atoms with Crippen LogP contribution in [0.25, 0.3) is 0 Å². The first-order valence-corrected chi connectivity index (χ1v) is 6.61. The van der Waals surface area contributed by atoms with Gasteiger partial charge >= 0.3 is 6.18 Å². The molecule has 0 spiro atoms. The molecule has 7 heteroatoms. The van der Waals surface area contributed by atoms with Gasteiger partial charge in [-0.15, -0.1) is 0 Å². The van der Waals surface area contributed by atoms with Crippen molar-refractivity contribution < 1.29 is 17.9 Å². The molecule has 1 rings (SSSR count). The van der Waals surface area contributed by atoms with Crippen LogP contribution in [0.4, 0.5) is 13.2 Å². The molecule has 0 saturated heterocycles. The molecule has 0 aliphatic carbocycles. The summed E-state index contributed by atoms with van der Waals surface area (Å²) in [4.78, 5) is 4.04. The van der Waals surface area contributed by atoms with Crippen molar-refractivity contribution in [2.24, 2.45) is 4.99 Å². The topological polar surface area (TPSA) is 45.7 Å². The molecule has 1 aromatic carbocycles. The molecule has 0 aromatic heterocycles. The van der Waals surface area contributed by atoms with Crippen LogP contribution in [0.3, 0.4) is 0 Å². The van der Waals surface area contributed by atoms with Gasteiger partial charge in [0.05, 0.1) is 6.61 Å². The number of benzene rings is 1. The molecule has 0 saturated carbocycles. The molecule has 0 heterocycles. The molecule has 0 fully saturated rings. The Kier molecular flexibility index (Phi) is 7.01. The molecule has 0 aliphatic rings. The van der Waals surface area contributed by atoms with Crippen LogP contribution in [0, 0.1) is 0 Å². The van der Waals surface area contributed by atoms with Crippen molar-refractivity contribution in [2.75, 3.05) is 20.2 Å². The second kappa shape index (κ2) is 8.51. The highest BCUT2D eigenvalue weighted by Crippen LogP contribution is 2.15. The molecule has 0 bridgehead atoms. The number of alkyl halides is 3. The minimum atomic E-state index is -4.29. The van der Waals surface area contributed by atoms with Gasteiger partial charge in [0, 0.05) is 20.1 Å². The second-order valence-corrected chi connectivity index (χ2v) is 4.38. The number of halogens is 3. The first kappa shape index (κ1) is 17.3. The molecular weight excluding hydrogens is 283 g/mol. The molecular formula is C14H20F3N3O. The Morgan fingerprint density at radius 1 is 1.14 bits per heavy atom. The van der Waals surface area contributed by atoms with Crippen LogP contribution in [0.2, 0.25) is 0 Å². The van der Waals surface area contributed by atoms with E-state index in [2.05, 4.69) is 20.4 Å². The van der Waals surface area contributed by atoms with Crippen LogP contribution >= 0.6 is 0 Å². The Hall–Kier alpha value is -1.76. The van der Waals surface area contributed by atoms with Crippen molar-refractivity contribution in [1.29, 1.82) is 0 Å². The lowest BCUT2D eigenvalue weighted by Gasteiger charge is -2.11. The summed E-state index contributed by atoms with van der Waals surface area (Å²) in [7, 11) is 1.69. The lowest BCUT2D eigenvalue weighted by atomic mass is 10.1. The van der Waals surface area contributed by atoms with Crippen LogP contribution in [0.1, 0.15) is 18.1 Å². The zero-order valence-corrected chi connectivity index (χ0v) is 12.1. The van der Waals surface area contributed by atoms with Crippen LogP contribution in [0.5, 0.6) is 0 Å². The fraction of sp³-hybridized carbons (Fsp3) is 0.500. The molecule has 0 amide bonds. The van der Waals surface area contributed by atoms with Gasteiger partial charge in [-0.2, -0.15) is 13.2 Å². The summed E-state index contributed by atoms with van der Waals surface area (Å²) in [6, 6.07) is 7.20. The third-order valence-corrected chi connectivity index (χ3v) is 2.59. The first-order chi connectivity index (χ1) is 9.94. The Balaban J connectivity index is 2.40. The van der Waals surface area contributed by atoms with Crippen molar-refractivity contribution in [1.82, 2.24) is 10.6 Å². The Morgan fingerprint density at radius 2 is 1.76 bits per heavy atom. The minimum Gasteiger partial charge on any atom is -0.367 e. The van der Waals surface area contributed by atoms with Crippen molar-refractivity contribution in [3.8, 4) is 0 Å². The summed E-state index contributed by atoms with van der Waals surface area (Å²) in [6.07, 6.45) is -4.29. The monoisotopic (exact) mass is 303 g/mol. The fourth-order valence-corrected chi connectivity index (χ4v) is 1.61. The maximum absolute atomic E-state index is 11.9. The highest BCUT2D eigenvalue weighted by molar-refractivity contribution is 5.79. The third-order valence-electron chi connectivity index (χ3n) is 2.59. The SMILES string of the molecule is CCNC(=NC)NCc1ccc(COCC(F)(F)F)cc1. The van der Waals surface area contributed by atoms with Crippen LogP contribution < -0.4 is 10.6 Å². The van der Waals surface area contributed by atoms with Crippen LogP contribution in [0.15, 0.2) is 29.3 Å². The molecule has 2 N–H and O–H groups in total. The molecule has 0 radical (unpaired) electrons. The van der Waals surface area contributed by atoms with Gasteiger partial charge in [-0.25, -0.2) is 0 Å². The summed E-state index contributed by atoms with van der Waals surface area (Å²) in [5.41, 5.74) is 1.72. The molecule has 0 atom stereocenters. The van der Waals surface area contributed by atoms with E-state index < -0.39 is 12.8 Å². The highest BCUT2D eigenvalue weighted by Gasteiger charge is 2.27. The van der Waals surface area contributed by atoms with E-state index in [4.69, 9.17) is 0 Å². The van der Waals surface area contributed by atoms with E-state index in [1.54, 1.807) is 19.2 Å². The van der Waals surface area contributed by atoms with Gasteiger partial charge in [-0.1, -0.05) is 24.3 Å². The standard InChI is InChI=1S/C14H20F3N3O/c1-3-19-13(18-2)20-8-11-4-6-12(7-5-11)9-21-10-14(15,16)17/h4-7H,3,8-10H2,1-2H3,(H2,18,19,20). The van der Waals surface area contributed by atoms with E-state index in [9.17, 15) is 13.2 Å². The summed E-state index contributed by atoms with van der Waals surface area (Å²) >= 11 is 0. The summed E-state index contributed by atoms with van der Waals surface area (Å²) < 4.78 is 40.4. The molecule has 0 aliphatic heterocycles. The smallest absolute Gasteiger partial charge is 0.367 e. The van der Waals surface area contributed by atoms with E-state index in [1.165, 1.54) is 0 Å². The zero-order valence-electron chi connectivity index (χ0n) is 12.1. The highest BCUT2D eigenvalue weighted by atomic mass is 19.4. The van der Waals surface area contributed by atoms with Gasteiger partial charge in [-0.3, -0.25) is 4.99 Å². The maximum atomic E-state index is 11.9. The second-order valence-electron chi connectivity index (χ2n) is 4.38. The number of hydrogen-bond acceptors (Lipinski definition) is 2. The summed E-state index contributed by atoms with van der Waals surface area (Å²) in [6.45, 7) is 2.06. The van der Waals surface area contributed by atoms with Gasteiger partial charge in [-0.05, 0) is 18.1 Å². The van der Waals surface area contributed by atoms with E-state index in [1.807, 2.05) is 19.1 Å². The van der Waals surface area contributed by atoms with Gasteiger partial charge in [0.1, 0.15) is 6.61 Å². The quantitative estimate of drug-likeness (QED) is 0.627. The summed E-state index contributed by atoms with van der Waals surface area (Å²) in [5, 5.41) is 6.20. The van der Waals surface area contributed by atoms with E-state index in [0.29, 0.717) is 18.1 Å². The number of ether oxygens (including phenoxy) is 1.